The number of hydrogen-bond donors (Lipinski definition) is 0. The number of benzene rings is 8. The van der Waals surface area contributed by atoms with Crippen molar-refractivity contribution in [1.82, 2.24) is 29.9 Å². The topological polar surface area (TPSA) is 101 Å². The molecule has 0 atom stereocenters. The zero-order chi connectivity index (χ0) is 41.7. The van der Waals surface area contributed by atoms with E-state index in [-0.39, 0.29) is 0 Å². The van der Waals surface area contributed by atoms with E-state index in [1.807, 2.05) is 164 Å². The van der Waals surface area contributed by atoms with Crippen molar-refractivity contribution < 1.29 is 0 Å². The smallest absolute Gasteiger partial charge is 0.164 e. The fourth-order valence-electron chi connectivity index (χ4n) is 7.52. The Kier molecular flexibility index (Phi) is 10.2. The zero-order valence-corrected chi connectivity index (χ0v) is 33.3. The van der Waals surface area contributed by atoms with E-state index in [2.05, 4.69) is 54.6 Å². The summed E-state index contributed by atoms with van der Waals surface area (Å²) in [6, 6.07) is 73.0. The largest absolute Gasteiger partial charge is 0.208 e. The van der Waals surface area contributed by atoms with Crippen molar-refractivity contribution in [3.63, 3.8) is 0 Å². The summed E-state index contributed by atoms with van der Waals surface area (Å²) < 4.78 is 0. The lowest BCUT2D eigenvalue weighted by Crippen LogP contribution is -2.02. The molecule has 62 heavy (non-hydrogen) atoms. The summed E-state index contributed by atoms with van der Waals surface area (Å²) in [5.74, 6) is 3.38. The minimum atomic E-state index is 0.527. The van der Waals surface area contributed by atoms with Crippen LogP contribution in [-0.2, 0) is 0 Å². The van der Waals surface area contributed by atoms with Crippen molar-refractivity contribution in [3.05, 3.63) is 218 Å². The van der Waals surface area contributed by atoms with Crippen molar-refractivity contribution in [1.29, 1.82) is 5.26 Å². The van der Waals surface area contributed by atoms with Gasteiger partial charge in [0.2, 0.25) is 0 Å². The van der Waals surface area contributed by atoms with E-state index in [1.54, 1.807) is 0 Å². The molecule has 10 rings (SSSR count). The molecule has 0 aliphatic heterocycles. The van der Waals surface area contributed by atoms with E-state index in [0.29, 0.717) is 40.5 Å². The van der Waals surface area contributed by atoms with Gasteiger partial charge in [0.15, 0.2) is 34.9 Å². The quantitative estimate of drug-likeness (QED) is 0.143. The number of rotatable bonds is 9. The van der Waals surface area contributed by atoms with Gasteiger partial charge >= 0.3 is 0 Å². The van der Waals surface area contributed by atoms with Gasteiger partial charge in [-0.25, -0.2) is 29.9 Å². The Morgan fingerprint density at radius 1 is 0.242 bits per heavy atom. The fourth-order valence-corrected chi connectivity index (χ4v) is 7.52. The summed E-state index contributed by atoms with van der Waals surface area (Å²) in [6.07, 6.45) is 0. The normalized spacial score (nSPS) is 10.9. The first-order valence-electron chi connectivity index (χ1n) is 20.3. The average Bonchev–Trinajstić information content (AvgIpc) is 3.37. The molecule has 8 aromatic carbocycles. The minimum absolute atomic E-state index is 0.527. The van der Waals surface area contributed by atoms with Gasteiger partial charge in [0.05, 0.1) is 11.6 Å². The molecule has 0 amide bonds. The first-order valence-corrected chi connectivity index (χ1v) is 20.3. The predicted molar refractivity (Wildman–Crippen MR) is 247 cm³/mol. The Morgan fingerprint density at radius 3 is 0.935 bits per heavy atom. The molecule has 0 unspecified atom stereocenters. The van der Waals surface area contributed by atoms with Gasteiger partial charge < -0.3 is 0 Å². The van der Waals surface area contributed by atoms with Gasteiger partial charge in [0, 0.05) is 33.4 Å². The molecule has 2 aromatic heterocycles. The number of nitrogens with zero attached hydrogens (tertiary/aromatic N) is 7. The summed E-state index contributed by atoms with van der Waals surface area (Å²) in [5.41, 5.74) is 11.6. The lowest BCUT2D eigenvalue weighted by Gasteiger charge is -2.17. The second kappa shape index (κ2) is 16.9. The van der Waals surface area contributed by atoms with E-state index in [4.69, 9.17) is 29.9 Å². The van der Waals surface area contributed by atoms with Crippen LogP contribution in [0.3, 0.4) is 0 Å². The molecule has 0 N–H and O–H groups in total. The highest BCUT2D eigenvalue weighted by molar-refractivity contribution is 5.91. The van der Waals surface area contributed by atoms with Crippen LogP contribution in [0, 0.1) is 11.3 Å². The van der Waals surface area contributed by atoms with Crippen LogP contribution >= 0.6 is 0 Å². The van der Waals surface area contributed by atoms with Crippen molar-refractivity contribution in [2.24, 2.45) is 0 Å². The van der Waals surface area contributed by atoms with Crippen LogP contribution in [0.4, 0.5) is 0 Å². The van der Waals surface area contributed by atoms with Crippen LogP contribution in [-0.4, -0.2) is 29.9 Å². The Balaban J connectivity index is 1.21. The van der Waals surface area contributed by atoms with Gasteiger partial charge in [-0.05, 0) is 69.8 Å². The van der Waals surface area contributed by atoms with Crippen LogP contribution in [0.5, 0.6) is 0 Å². The minimum Gasteiger partial charge on any atom is -0.208 e. The maximum absolute atomic E-state index is 9.75. The van der Waals surface area contributed by atoms with Crippen molar-refractivity contribution in [2.75, 3.05) is 0 Å². The predicted octanol–water partition coefficient (Wildman–Crippen LogP) is 12.9. The van der Waals surface area contributed by atoms with Crippen molar-refractivity contribution in [3.8, 4) is 108 Å². The van der Waals surface area contributed by atoms with Crippen molar-refractivity contribution >= 4 is 0 Å². The maximum atomic E-state index is 9.75. The highest BCUT2D eigenvalue weighted by atomic mass is 15.0. The third-order valence-electron chi connectivity index (χ3n) is 10.7. The van der Waals surface area contributed by atoms with Crippen LogP contribution in [0.15, 0.2) is 212 Å². The molecule has 2 heterocycles. The maximum Gasteiger partial charge on any atom is 0.164 e. The Hall–Kier alpha value is -8.73. The monoisotopic (exact) mass is 793 g/mol. The number of aromatic nitrogens is 6. The third-order valence-corrected chi connectivity index (χ3v) is 10.7. The van der Waals surface area contributed by atoms with Gasteiger partial charge in [-0.15, -0.1) is 0 Å². The lowest BCUT2D eigenvalue weighted by atomic mass is 9.90. The van der Waals surface area contributed by atoms with E-state index in [9.17, 15) is 5.26 Å². The van der Waals surface area contributed by atoms with Gasteiger partial charge in [-0.2, -0.15) is 5.26 Å². The van der Waals surface area contributed by atoms with Crippen LogP contribution < -0.4 is 0 Å². The van der Waals surface area contributed by atoms with Gasteiger partial charge in [0.1, 0.15) is 0 Å². The molecule has 0 fully saturated rings. The van der Waals surface area contributed by atoms with E-state index >= 15 is 0 Å². The molecular formula is C55H35N7. The van der Waals surface area contributed by atoms with E-state index in [0.717, 1.165) is 66.8 Å². The van der Waals surface area contributed by atoms with Gasteiger partial charge in [0.25, 0.3) is 0 Å². The first kappa shape index (κ1) is 37.5. The number of nitriles is 1. The third kappa shape index (κ3) is 7.75. The molecule has 0 spiro atoms. The molecule has 0 saturated heterocycles. The number of hydrogen-bond acceptors (Lipinski definition) is 7. The van der Waals surface area contributed by atoms with Gasteiger partial charge in [-0.1, -0.05) is 176 Å². The molecule has 0 bridgehead atoms. The summed E-state index contributed by atoms with van der Waals surface area (Å²) in [6.45, 7) is 0. The molecule has 290 valence electrons. The molecule has 0 aliphatic rings. The Labute approximate surface area is 359 Å². The Morgan fingerprint density at radius 2 is 0.548 bits per heavy atom. The zero-order valence-electron chi connectivity index (χ0n) is 33.3. The molecule has 7 heteroatoms. The highest BCUT2D eigenvalue weighted by Gasteiger charge is 2.21. The SMILES string of the molecule is N#Cc1ccc(-c2cc(-c3cc(-c4ccccc4)ccc3-c3nc(-c4ccccc4)nc(-c4ccccc4)n3)ccc2-c2nc(-c3ccccc3)nc(-c3ccccc3)n2)cc1. The van der Waals surface area contributed by atoms with Gasteiger partial charge in [-0.3, -0.25) is 0 Å². The summed E-state index contributed by atoms with van der Waals surface area (Å²) in [5, 5.41) is 9.75. The first-order chi connectivity index (χ1) is 30.7. The Bertz CT molecular complexity index is 3090. The molecule has 0 saturated carbocycles. The van der Waals surface area contributed by atoms with E-state index in [1.165, 1.54) is 0 Å². The van der Waals surface area contributed by atoms with Crippen LogP contribution in [0.1, 0.15) is 5.56 Å². The summed E-state index contributed by atoms with van der Waals surface area (Å²) in [7, 11) is 0. The average molecular weight is 794 g/mol. The molecule has 10 aromatic rings. The molecular weight excluding hydrogens is 759 g/mol. The summed E-state index contributed by atoms with van der Waals surface area (Å²) in [4.78, 5) is 30.5. The van der Waals surface area contributed by atoms with Crippen LogP contribution in [0.2, 0.25) is 0 Å². The standard InChI is InChI=1S/C55H35N7/c56-36-37-26-28-39(29-27-37)48-35-45(31-33-46(48)54-59-50(40-18-8-2-9-19-40)57-51(60-54)41-20-10-3-11-21-41)49-34-44(38-16-6-1-7-17-38)30-32-47(49)55-61-52(42-22-12-4-13-23-42)58-53(62-55)43-24-14-5-15-25-43/h1-35H. The lowest BCUT2D eigenvalue weighted by molar-refractivity contribution is 1.07. The van der Waals surface area contributed by atoms with Crippen LogP contribution in [0.25, 0.3) is 102 Å². The molecule has 0 aliphatic carbocycles. The second-order valence-corrected chi connectivity index (χ2v) is 14.7. The molecule has 0 radical (unpaired) electrons. The van der Waals surface area contributed by atoms with E-state index < -0.39 is 0 Å². The summed E-state index contributed by atoms with van der Waals surface area (Å²) >= 11 is 0. The second-order valence-electron chi connectivity index (χ2n) is 14.7. The fraction of sp³-hybridized carbons (Fsp3) is 0. The highest BCUT2D eigenvalue weighted by Crippen LogP contribution is 2.41. The molecule has 7 nitrogen and oxygen atoms in total. The van der Waals surface area contributed by atoms with Crippen molar-refractivity contribution in [2.45, 2.75) is 0 Å².